The predicted molar refractivity (Wildman–Crippen MR) is 637 cm³/mol. The van der Waals surface area contributed by atoms with Gasteiger partial charge in [-0.1, -0.05) is 157 Å². The molecule has 4 aromatic rings. The van der Waals surface area contributed by atoms with Crippen LogP contribution in [0.3, 0.4) is 0 Å². The van der Waals surface area contributed by atoms with Gasteiger partial charge in [0, 0.05) is 31.3 Å². The molecule has 0 bridgehead atoms. The van der Waals surface area contributed by atoms with Crippen LogP contribution in [0.1, 0.15) is 160 Å². The third-order valence-corrected chi connectivity index (χ3v) is 2080. The molecule has 4 atom stereocenters. The summed E-state index contributed by atoms with van der Waals surface area (Å²) in [6, 6.07) is 26.8. The van der Waals surface area contributed by atoms with Gasteiger partial charge in [-0.2, -0.15) is 0 Å². The van der Waals surface area contributed by atoms with Crippen molar-refractivity contribution in [3.8, 4) is 0 Å². The van der Waals surface area contributed by atoms with Crippen LogP contribution in [0.25, 0.3) is 0 Å². The van der Waals surface area contributed by atoms with Crippen molar-refractivity contribution in [2.24, 2.45) is 5.41 Å². The molecule has 8 rings (SSSR count). The Kier molecular flexibility index (Phi) is 48.1. The summed E-state index contributed by atoms with van der Waals surface area (Å²) in [7, 11) is -5.76. The first-order valence-electron chi connectivity index (χ1n) is 24.8. The fourth-order valence-corrected chi connectivity index (χ4v) is 4830. The molecular formula is C51H66BrCl2I29N-. The van der Waals surface area contributed by atoms with E-state index in [0.29, 0.717) is 24.1 Å². The molecule has 500 valence electrons. The Hall–Kier alpha value is 18.9. The van der Waals surface area contributed by atoms with Gasteiger partial charge in [-0.3, -0.25) is 0 Å². The van der Waals surface area contributed by atoms with E-state index in [4.69, 9.17) is 23.2 Å². The summed E-state index contributed by atoms with van der Waals surface area (Å²) in [6.07, 6.45) is 12.0. The number of hydrogen-bond donors (Lipinski definition) is 0. The molecule has 84 heavy (non-hydrogen) atoms. The van der Waals surface area contributed by atoms with Gasteiger partial charge in [0.15, 0.2) is 0 Å². The zero-order chi connectivity index (χ0) is 63.6. The molecule has 0 amide bonds. The average Bonchev–Trinajstić information content (AvgIpc) is 2.06. The fourth-order valence-electron chi connectivity index (χ4n) is 10.9. The van der Waals surface area contributed by atoms with Crippen molar-refractivity contribution in [1.29, 1.82) is 0 Å². The molecule has 0 saturated heterocycles. The first-order valence-corrected chi connectivity index (χ1v) is 202. The number of aryl methyl sites for hydroxylation is 2. The first-order chi connectivity index (χ1) is 38.7. The predicted octanol–water partition coefficient (Wildman–Crippen LogP) is 38.3. The minimum absolute atomic E-state index is 0.0845. The number of fused-ring (bicyclic) bond motifs is 6. The quantitative estimate of drug-likeness (QED) is 0.114. The average molecular weight is 4520 g/mol. The molecule has 1 nitrogen and oxygen atoms in total. The van der Waals surface area contributed by atoms with Gasteiger partial charge in [0.25, 0.3) is 0 Å². The molecule has 0 spiro atoms. The van der Waals surface area contributed by atoms with Crippen molar-refractivity contribution in [1.82, 2.24) is 0 Å². The summed E-state index contributed by atoms with van der Waals surface area (Å²) in [5.41, 5.74) is 14.3. The van der Waals surface area contributed by atoms with Crippen LogP contribution < -0.4 is 18.2 Å². The summed E-state index contributed by atoms with van der Waals surface area (Å²) in [4.78, 5) is 2.60. The van der Waals surface area contributed by atoms with Gasteiger partial charge >= 0.3 is 395 Å². The second-order valence-corrected chi connectivity index (χ2v) is 674. The van der Waals surface area contributed by atoms with Crippen molar-refractivity contribution >= 4 is 432 Å². The molecule has 4 aromatic carbocycles. The molecule has 2 fully saturated rings. The third-order valence-electron chi connectivity index (χ3n) is 15.4. The van der Waals surface area contributed by atoms with Crippen LogP contribution in [0.2, 0.25) is 10.0 Å². The van der Waals surface area contributed by atoms with E-state index in [9.17, 15) is 0 Å². The SMILES string of the molecule is CC(C)(C)c1ccc2c(c1)C1(C)CCCCC1(C)C2.Cc1cc(Cl)cc(Br)c1.Cc1cc(Cl)cc(N2c3ccc(C(C)(C)C)cc3C3(C)CCCCC23C)c1.I[I-]I(I)I(I)I(I)I(I)I(I)I(I)I(I)I(I)I(I)I(I)I(I)I(I)I(I)I. The van der Waals surface area contributed by atoms with Crippen molar-refractivity contribution < 1.29 is 13.3 Å². The molecule has 3 aliphatic carbocycles. The Morgan fingerprint density at radius 3 is 1.36 bits per heavy atom. The summed E-state index contributed by atoms with van der Waals surface area (Å²) >= 11 is 63.3. The fraction of sp³-hybridized carbons (Fsp3) is 0.529. The molecule has 4 aliphatic rings. The first kappa shape index (κ1) is 93.5. The van der Waals surface area contributed by atoms with Crippen LogP contribution in [0.15, 0.2) is 77.3 Å². The van der Waals surface area contributed by atoms with Crippen LogP contribution in [0.5, 0.6) is 0 Å². The van der Waals surface area contributed by atoms with Crippen LogP contribution in [0, 0.1) is 19.3 Å². The van der Waals surface area contributed by atoms with Crippen LogP contribution >= 0.6 is 421 Å². The number of benzene rings is 4. The van der Waals surface area contributed by atoms with Gasteiger partial charge in [0.2, 0.25) is 0 Å². The zero-order valence-corrected chi connectivity index (χ0v) is 112. The van der Waals surface area contributed by atoms with Gasteiger partial charge in [-0.25, -0.2) is 0 Å². The van der Waals surface area contributed by atoms with Gasteiger partial charge < -0.3 is 4.90 Å². The number of anilines is 2. The second-order valence-electron chi connectivity index (χ2n) is 22.6. The van der Waals surface area contributed by atoms with Gasteiger partial charge in [0.1, 0.15) is 0 Å². The summed E-state index contributed by atoms with van der Waals surface area (Å²) in [5.74, 6) is 0. The normalized spacial score (nSPS) is 23.8. The van der Waals surface area contributed by atoms with Crippen molar-refractivity contribution in [2.75, 3.05) is 4.90 Å². The second kappa shape index (κ2) is 43.2. The Bertz CT molecular complexity index is 2760. The van der Waals surface area contributed by atoms with E-state index >= 15 is 0 Å². The maximum absolute atomic E-state index is 6.47. The van der Waals surface area contributed by atoms with E-state index in [1.54, 1.807) is 11.1 Å². The molecule has 0 aromatic heterocycles. The van der Waals surface area contributed by atoms with Crippen molar-refractivity contribution in [3.63, 3.8) is 0 Å². The molecule has 0 N–H and O–H groups in total. The summed E-state index contributed by atoms with van der Waals surface area (Å²) < 4.78 is 1.03. The number of halogens is 32. The summed E-state index contributed by atoms with van der Waals surface area (Å²) in [5, 5.41) is 1.60. The van der Waals surface area contributed by atoms with E-state index in [1.165, 1.54) is 97.0 Å². The van der Waals surface area contributed by atoms with Gasteiger partial charge in [0.05, 0.1) is 5.54 Å². The minimum atomic E-state index is -0.476. The number of rotatable bonds is 14. The van der Waals surface area contributed by atoms with Crippen molar-refractivity contribution in [3.05, 3.63) is 126 Å². The monoisotopic (exact) mass is 4520 g/mol. The molecule has 0 radical (unpaired) electrons. The zero-order valence-electron chi connectivity index (χ0n) is 46.8. The van der Waals surface area contributed by atoms with Crippen LogP contribution in [-0.4, -0.2) is 5.54 Å². The van der Waals surface area contributed by atoms with E-state index < -0.39 is 94.7 Å². The Balaban J connectivity index is 0.000000217. The maximum atomic E-state index is 6.47. The molecule has 33 heteroatoms. The van der Waals surface area contributed by atoms with E-state index in [2.05, 4.69) is 425 Å². The van der Waals surface area contributed by atoms with Crippen LogP contribution in [-0.2, 0) is 28.1 Å². The van der Waals surface area contributed by atoms with E-state index in [0.717, 1.165) is 14.5 Å². The number of nitrogens with zero attached hydrogens (tertiary/aromatic N) is 1. The molecule has 2 saturated carbocycles. The van der Waals surface area contributed by atoms with E-state index in [-0.39, 0.29) is 29.7 Å². The van der Waals surface area contributed by atoms with Crippen molar-refractivity contribution in [2.45, 2.75) is 168 Å². The number of hydrogen-bond acceptors (Lipinski definition) is 1. The summed E-state index contributed by atoms with van der Waals surface area (Å²) in [6.45, 7) is 28.1. The Labute approximate surface area is 724 Å². The molecular weight excluding hydrogens is 4460 g/mol. The Morgan fingerprint density at radius 2 is 0.905 bits per heavy atom. The topological polar surface area (TPSA) is 3.24 Å². The third kappa shape index (κ3) is 25.7. The molecule has 1 aliphatic heterocycles. The van der Waals surface area contributed by atoms with Crippen LogP contribution in [0.4, 0.5) is 11.4 Å². The standard InChI is InChI=1S/C25H32ClN.C19H28.C7H6BrCl.I29/c1-17-13-19(26)16-20(14-17)27-22-10-9-18(23(2,3)4)15-21(22)24(5)11-7-8-12-25(24,27)6;1-17(2,3)15-9-8-14-13-18(4)10-6-7-11-19(18,5)16(14)12-15;1-5-2-6(8)4-7(9)3-5;1-16-18(4)20(6)22(8)24(10)26(12)28(14)29(15)27(13)25(11)23(9)21(7)19(5)17(2)3/h9-10,13-16H,7-8,11-12H2,1-6H3;8-9,12H,6-7,10-11,13H2,1-5H3;2-4H,1H3;/q;;;-1. The Morgan fingerprint density at radius 1 is 0.488 bits per heavy atom. The molecule has 4 unspecified atom stereocenters. The van der Waals surface area contributed by atoms with E-state index in [1.807, 2.05) is 31.2 Å². The molecule has 1 heterocycles. The van der Waals surface area contributed by atoms with Gasteiger partial charge in [-0.15, -0.1) is 0 Å². The van der Waals surface area contributed by atoms with Gasteiger partial charge in [-0.05, 0) is 156 Å².